The number of aromatic nitrogens is 3. The SMILES string of the molecule is Oc1cc(-c2ncc3c(N4C[C@H]5COC[C@@H](C4)O5)nc(OC[C@@]45CCCN4C[C@H](F)C5)nc3c2F)c2c(F)c(F)ccc2c1. The topological polar surface area (TPSA) is 93.1 Å². The van der Waals surface area contributed by atoms with Gasteiger partial charge in [-0.25, -0.2) is 17.6 Å². The number of fused-ring (bicyclic) bond motifs is 5. The molecule has 0 amide bonds. The van der Waals surface area contributed by atoms with E-state index in [1.54, 1.807) is 0 Å². The number of alkyl halides is 1. The summed E-state index contributed by atoms with van der Waals surface area (Å²) >= 11 is 0. The number of aromatic hydroxyl groups is 1. The second-order valence-corrected chi connectivity index (χ2v) is 12.2. The van der Waals surface area contributed by atoms with Crippen molar-refractivity contribution < 1.29 is 36.9 Å². The molecule has 4 saturated heterocycles. The molecule has 44 heavy (non-hydrogen) atoms. The van der Waals surface area contributed by atoms with Crippen LogP contribution >= 0.6 is 0 Å². The molecule has 2 aromatic carbocycles. The number of phenolic OH excluding ortho intramolecular Hbond substituents is 1. The summed E-state index contributed by atoms with van der Waals surface area (Å²) in [6, 6.07) is 4.57. The minimum Gasteiger partial charge on any atom is -0.508 e. The fourth-order valence-corrected chi connectivity index (χ4v) is 7.34. The first-order valence-electron chi connectivity index (χ1n) is 14.8. The largest absolute Gasteiger partial charge is 0.508 e. The Hall–Kier alpha value is -3.81. The van der Waals surface area contributed by atoms with Gasteiger partial charge in [0, 0.05) is 43.2 Å². The van der Waals surface area contributed by atoms with Crippen LogP contribution in [0.25, 0.3) is 32.9 Å². The molecule has 230 valence electrons. The van der Waals surface area contributed by atoms with Crippen LogP contribution in [0.1, 0.15) is 19.3 Å². The Morgan fingerprint density at radius 3 is 2.68 bits per heavy atom. The van der Waals surface area contributed by atoms with Gasteiger partial charge in [0.15, 0.2) is 17.5 Å². The summed E-state index contributed by atoms with van der Waals surface area (Å²) < 4.78 is 78.1. The Morgan fingerprint density at radius 1 is 1.05 bits per heavy atom. The number of rotatable bonds is 5. The van der Waals surface area contributed by atoms with Crippen LogP contribution in [0.15, 0.2) is 30.5 Å². The first-order valence-corrected chi connectivity index (χ1v) is 14.8. The fraction of sp³-hybridized carbons (Fsp3) is 0.452. The normalized spacial score (nSPS) is 26.9. The average Bonchev–Trinajstić information content (AvgIpc) is 3.53. The lowest BCUT2D eigenvalue weighted by Gasteiger charge is -2.42. The van der Waals surface area contributed by atoms with Gasteiger partial charge in [0.2, 0.25) is 0 Å². The molecule has 0 radical (unpaired) electrons. The molecule has 0 unspecified atom stereocenters. The molecule has 2 aromatic heterocycles. The van der Waals surface area contributed by atoms with Gasteiger partial charge < -0.3 is 24.2 Å². The van der Waals surface area contributed by atoms with E-state index < -0.39 is 29.2 Å². The number of hydrogen-bond donors (Lipinski definition) is 1. The number of phenols is 1. The van der Waals surface area contributed by atoms with Crippen molar-refractivity contribution in [2.45, 2.75) is 43.2 Å². The zero-order valence-corrected chi connectivity index (χ0v) is 23.6. The van der Waals surface area contributed by atoms with E-state index in [9.17, 15) is 13.9 Å². The van der Waals surface area contributed by atoms with Crippen molar-refractivity contribution in [1.29, 1.82) is 0 Å². The van der Waals surface area contributed by atoms with Crippen LogP contribution in [0.2, 0.25) is 0 Å². The van der Waals surface area contributed by atoms with Gasteiger partial charge in [-0.15, -0.1) is 0 Å². The van der Waals surface area contributed by atoms with E-state index in [2.05, 4.69) is 14.9 Å². The third-order valence-corrected chi connectivity index (χ3v) is 9.26. The monoisotopic (exact) mass is 611 g/mol. The molecule has 4 aromatic rings. The van der Waals surface area contributed by atoms with Crippen LogP contribution in [0, 0.1) is 17.5 Å². The van der Waals surface area contributed by atoms with Crippen molar-refractivity contribution in [3.05, 3.63) is 47.9 Å². The number of anilines is 1. The predicted molar refractivity (Wildman–Crippen MR) is 152 cm³/mol. The van der Waals surface area contributed by atoms with E-state index in [4.69, 9.17) is 19.2 Å². The predicted octanol–water partition coefficient (Wildman–Crippen LogP) is 4.53. The third kappa shape index (κ3) is 4.51. The molecule has 4 aliphatic rings. The first-order chi connectivity index (χ1) is 21.3. The molecule has 2 bridgehead atoms. The summed E-state index contributed by atoms with van der Waals surface area (Å²) in [6.45, 7) is 2.94. The molecule has 1 N–H and O–H groups in total. The summed E-state index contributed by atoms with van der Waals surface area (Å²) in [7, 11) is 0. The number of benzene rings is 2. The number of halogens is 4. The van der Waals surface area contributed by atoms with Crippen LogP contribution in [0.4, 0.5) is 23.4 Å². The van der Waals surface area contributed by atoms with Gasteiger partial charge in [0.05, 0.1) is 36.3 Å². The molecule has 0 saturated carbocycles. The van der Waals surface area contributed by atoms with Crippen molar-refractivity contribution in [3.63, 3.8) is 0 Å². The van der Waals surface area contributed by atoms with Crippen LogP contribution in [-0.4, -0.2) is 94.9 Å². The third-order valence-electron chi connectivity index (χ3n) is 9.26. The quantitative estimate of drug-likeness (QED) is 0.327. The van der Waals surface area contributed by atoms with Crippen molar-refractivity contribution >= 4 is 27.5 Å². The van der Waals surface area contributed by atoms with Crippen LogP contribution in [0.5, 0.6) is 11.8 Å². The summed E-state index contributed by atoms with van der Waals surface area (Å²) in [5, 5.41) is 10.6. The van der Waals surface area contributed by atoms with E-state index in [0.29, 0.717) is 50.5 Å². The van der Waals surface area contributed by atoms with Gasteiger partial charge in [-0.05, 0) is 43.0 Å². The second kappa shape index (κ2) is 10.4. The van der Waals surface area contributed by atoms with Crippen molar-refractivity contribution in [1.82, 2.24) is 19.9 Å². The minimum absolute atomic E-state index is 0.0852. The van der Waals surface area contributed by atoms with E-state index in [1.807, 2.05) is 4.90 Å². The summed E-state index contributed by atoms with van der Waals surface area (Å²) in [4.78, 5) is 17.5. The van der Waals surface area contributed by atoms with E-state index in [1.165, 1.54) is 18.3 Å². The Morgan fingerprint density at radius 2 is 1.86 bits per heavy atom. The molecular weight excluding hydrogens is 582 g/mol. The molecule has 0 spiro atoms. The standard InChI is InChI=1S/C31H29F4N5O4/c32-17-8-31(4-1-5-40(31)10-17)15-43-30-37-28-22(29(38-30)39-11-19-13-42-14-20(12-39)44-19)9-36-27(26(28)35)21-7-18(41)6-16-2-3-23(33)25(34)24(16)21/h2-3,6-7,9,17,19-20,41H,1,4-5,8,10-15H2/t17-,19-,20+,31+/m1/s1. The summed E-state index contributed by atoms with van der Waals surface area (Å²) in [5.41, 5.74) is -1.05. The van der Waals surface area contributed by atoms with Gasteiger partial charge in [0.25, 0.3) is 0 Å². The number of ether oxygens (including phenoxy) is 3. The van der Waals surface area contributed by atoms with E-state index in [0.717, 1.165) is 31.5 Å². The molecule has 9 nitrogen and oxygen atoms in total. The fourth-order valence-electron chi connectivity index (χ4n) is 7.34. The smallest absolute Gasteiger partial charge is 0.319 e. The van der Waals surface area contributed by atoms with Crippen LogP contribution < -0.4 is 9.64 Å². The molecule has 13 heteroatoms. The summed E-state index contributed by atoms with van der Waals surface area (Å²) in [5.74, 6) is -3.09. The summed E-state index contributed by atoms with van der Waals surface area (Å²) in [6.07, 6.45) is 2.06. The molecule has 6 heterocycles. The molecular formula is C31H29F4N5O4. The molecule has 0 aliphatic carbocycles. The molecule has 4 atom stereocenters. The number of nitrogens with zero attached hydrogens (tertiary/aromatic N) is 5. The Bertz CT molecular complexity index is 1780. The number of morpholine rings is 1. The zero-order chi connectivity index (χ0) is 30.2. The average molecular weight is 612 g/mol. The highest BCUT2D eigenvalue weighted by Gasteiger charge is 2.49. The molecule has 8 rings (SSSR count). The van der Waals surface area contributed by atoms with Gasteiger partial charge in [-0.2, -0.15) is 9.97 Å². The van der Waals surface area contributed by atoms with E-state index in [-0.39, 0.29) is 58.1 Å². The zero-order valence-electron chi connectivity index (χ0n) is 23.6. The van der Waals surface area contributed by atoms with Crippen LogP contribution in [0.3, 0.4) is 0 Å². The lowest BCUT2D eigenvalue weighted by atomic mass is 9.95. The van der Waals surface area contributed by atoms with Gasteiger partial charge in [0.1, 0.15) is 35.6 Å². The Balaban J connectivity index is 1.26. The highest BCUT2D eigenvalue weighted by atomic mass is 19.2. The maximum Gasteiger partial charge on any atom is 0.319 e. The maximum absolute atomic E-state index is 16.6. The van der Waals surface area contributed by atoms with Gasteiger partial charge in [-0.1, -0.05) is 6.07 Å². The Kier molecular flexibility index (Phi) is 6.54. The van der Waals surface area contributed by atoms with Crippen molar-refractivity contribution in [3.8, 4) is 23.0 Å². The van der Waals surface area contributed by atoms with Gasteiger partial charge >= 0.3 is 6.01 Å². The maximum atomic E-state index is 16.6. The lowest BCUT2D eigenvalue weighted by Crippen LogP contribution is -2.54. The Labute approximate surface area is 249 Å². The molecule has 4 aliphatic heterocycles. The van der Waals surface area contributed by atoms with Gasteiger partial charge in [-0.3, -0.25) is 9.88 Å². The minimum atomic E-state index is -1.18. The van der Waals surface area contributed by atoms with Crippen molar-refractivity contribution in [2.75, 3.05) is 50.9 Å². The van der Waals surface area contributed by atoms with Crippen molar-refractivity contribution in [2.24, 2.45) is 0 Å². The number of pyridine rings is 1. The highest BCUT2D eigenvalue weighted by molar-refractivity contribution is 6.00. The lowest BCUT2D eigenvalue weighted by molar-refractivity contribution is -0.144. The number of hydrogen-bond acceptors (Lipinski definition) is 9. The van der Waals surface area contributed by atoms with Crippen LogP contribution in [-0.2, 0) is 9.47 Å². The second-order valence-electron chi connectivity index (χ2n) is 12.2. The first kappa shape index (κ1) is 27.7. The molecule has 4 fully saturated rings. The highest BCUT2D eigenvalue weighted by Crippen LogP contribution is 2.42. The van der Waals surface area contributed by atoms with E-state index >= 15 is 8.78 Å².